The Bertz CT molecular complexity index is 407. The van der Waals surface area contributed by atoms with Crippen LogP contribution in [0.2, 0.25) is 0 Å². The van der Waals surface area contributed by atoms with Gasteiger partial charge in [0.25, 0.3) is 0 Å². The van der Waals surface area contributed by atoms with Gasteiger partial charge in [-0.05, 0) is 40.0 Å². The van der Waals surface area contributed by atoms with Crippen molar-refractivity contribution in [3.63, 3.8) is 0 Å². The molecule has 0 atom stereocenters. The van der Waals surface area contributed by atoms with E-state index in [1.807, 2.05) is 0 Å². The van der Waals surface area contributed by atoms with Gasteiger partial charge < -0.3 is 19.7 Å². The summed E-state index contributed by atoms with van der Waals surface area (Å²) < 4.78 is 11.3. The Hall–Kier alpha value is -0.0800. The molecule has 0 bridgehead atoms. The maximum Gasteiger partial charge on any atom is 0.194 e. The third kappa shape index (κ3) is 5.21. The molecule has 2 aliphatic heterocycles. The standard InChI is InChI=1S/C18H35N3O2.HI/c1-6-19-16(21-14-17(2,3)18(21,4)5)20-10-7-11-23-15-8-12-22-13-9-15;/h15H,6-14H2,1-5H3,(H,19,20);1H. The molecule has 2 heterocycles. The van der Waals surface area contributed by atoms with Gasteiger partial charge in [0.15, 0.2) is 5.96 Å². The molecule has 142 valence electrons. The number of hydrogen-bond donors (Lipinski definition) is 1. The van der Waals surface area contributed by atoms with Crippen LogP contribution < -0.4 is 5.32 Å². The fourth-order valence-electron chi connectivity index (χ4n) is 3.14. The second-order valence-electron chi connectivity index (χ2n) is 7.80. The summed E-state index contributed by atoms with van der Waals surface area (Å²) in [6.07, 6.45) is 3.42. The molecule has 5 nitrogen and oxygen atoms in total. The Morgan fingerprint density at radius 1 is 1.25 bits per heavy atom. The first-order valence-electron chi connectivity index (χ1n) is 9.14. The first kappa shape index (κ1) is 22.0. The van der Waals surface area contributed by atoms with Crippen LogP contribution in [0, 0.1) is 5.41 Å². The van der Waals surface area contributed by atoms with Crippen molar-refractivity contribution < 1.29 is 9.47 Å². The van der Waals surface area contributed by atoms with Gasteiger partial charge in [0, 0.05) is 50.4 Å². The summed E-state index contributed by atoms with van der Waals surface area (Å²) in [7, 11) is 0. The summed E-state index contributed by atoms with van der Waals surface area (Å²) in [5.41, 5.74) is 0.474. The van der Waals surface area contributed by atoms with Crippen LogP contribution in [0.4, 0.5) is 0 Å². The predicted octanol–water partition coefficient (Wildman–Crippen LogP) is 3.28. The van der Waals surface area contributed by atoms with Gasteiger partial charge in [0.2, 0.25) is 0 Å². The molecular formula is C18H36IN3O2. The van der Waals surface area contributed by atoms with Gasteiger partial charge in [-0.3, -0.25) is 4.99 Å². The highest BCUT2D eigenvalue weighted by molar-refractivity contribution is 14.0. The molecule has 2 saturated heterocycles. The van der Waals surface area contributed by atoms with E-state index in [1.54, 1.807) is 0 Å². The monoisotopic (exact) mass is 453 g/mol. The van der Waals surface area contributed by atoms with Crippen LogP contribution in [0.15, 0.2) is 4.99 Å². The lowest BCUT2D eigenvalue weighted by molar-refractivity contribution is -0.0668. The molecule has 0 aromatic rings. The van der Waals surface area contributed by atoms with Crippen LogP contribution in [-0.2, 0) is 9.47 Å². The fraction of sp³-hybridized carbons (Fsp3) is 0.944. The van der Waals surface area contributed by atoms with Gasteiger partial charge in [-0.25, -0.2) is 0 Å². The molecule has 0 aliphatic carbocycles. The Morgan fingerprint density at radius 3 is 2.46 bits per heavy atom. The molecule has 0 unspecified atom stereocenters. The van der Waals surface area contributed by atoms with Crippen LogP contribution in [0.5, 0.6) is 0 Å². The third-order valence-corrected chi connectivity index (χ3v) is 5.56. The van der Waals surface area contributed by atoms with Gasteiger partial charge in [-0.2, -0.15) is 0 Å². The van der Waals surface area contributed by atoms with Crippen molar-refractivity contribution in [1.29, 1.82) is 0 Å². The Labute approximate surface area is 165 Å². The maximum absolute atomic E-state index is 5.92. The second kappa shape index (κ2) is 9.57. The number of hydrogen-bond acceptors (Lipinski definition) is 3. The molecule has 0 aromatic heterocycles. The average molecular weight is 453 g/mol. The van der Waals surface area contributed by atoms with Crippen molar-refractivity contribution in [3.8, 4) is 0 Å². The van der Waals surface area contributed by atoms with Gasteiger partial charge >= 0.3 is 0 Å². The molecule has 24 heavy (non-hydrogen) atoms. The van der Waals surface area contributed by atoms with Crippen molar-refractivity contribution >= 4 is 29.9 Å². The zero-order valence-corrected chi connectivity index (χ0v) is 18.4. The Balaban J connectivity index is 0.00000288. The van der Waals surface area contributed by atoms with E-state index in [9.17, 15) is 0 Å². The lowest BCUT2D eigenvalue weighted by Gasteiger charge is -2.62. The van der Waals surface area contributed by atoms with E-state index in [2.05, 4.69) is 44.8 Å². The molecular weight excluding hydrogens is 417 g/mol. The highest BCUT2D eigenvalue weighted by Gasteiger charge is 2.53. The highest BCUT2D eigenvalue weighted by atomic mass is 127. The van der Waals surface area contributed by atoms with Crippen LogP contribution in [0.3, 0.4) is 0 Å². The Kier molecular flexibility index (Phi) is 8.76. The molecule has 0 spiro atoms. The van der Waals surface area contributed by atoms with Crippen molar-refractivity contribution in [1.82, 2.24) is 10.2 Å². The van der Waals surface area contributed by atoms with Gasteiger partial charge in [-0.1, -0.05) is 13.8 Å². The number of guanidine groups is 1. The topological polar surface area (TPSA) is 46.1 Å². The minimum absolute atomic E-state index is 0. The van der Waals surface area contributed by atoms with Gasteiger partial charge in [0.1, 0.15) is 0 Å². The number of aliphatic imine (C=N–C) groups is 1. The number of ether oxygens (including phenoxy) is 2. The van der Waals surface area contributed by atoms with E-state index in [1.165, 1.54) is 0 Å². The zero-order chi connectivity index (χ0) is 16.9. The van der Waals surface area contributed by atoms with Crippen LogP contribution in [0.1, 0.15) is 53.9 Å². The molecule has 0 saturated carbocycles. The molecule has 0 amide bonds. The average Bonchev–Trinajstić information content (AvgIpc) is 2.52. The van der Waals surface area contributed by atoms with E-state index in [0.29, 0.717) is 11.5 Å². The SMILES string of the molecule is CCNC(=NCCCOC1CCOCC1)N1CC(C)(C)C1(C)C.I. The number of likely N-dealkylation sites (tertiary alicyclic amines) is 1. The van der Waals surface area contributed by atoms with E-state index >= 15 is 0 Å². The number of nitrogens with zero attached hydrogens (tertiary/aromatic N) is 2. The highest BCUT2D eigenvalue weighted by Crippen LogP contribution is 2.46. The van der Waals surface area contributed by atoms with Crippen LogP contribution in [-0.4, -0.2) is 62.0 Å². The molecule has 0 radical (unpaired) electrons. The lowest BCUT2D eigenvalue weighted by Crippen LogP contribution is -2.72. The van der Waals surface area contributed by atoms with Crippen LogP contribution >= 0.6 is 24.0 Å². The minimum Gasteiger partial charge on any atom is -0.381 e. The lowest BCUT2D eigenvalue weighted by atomic mass is 9.65. The molecule has 2 rings (SSSR count). The molecule has 2 aliphatic rings. The summed E-state index contributed by atoms with van der Waals surface area (Å²) in [5, 5.41) is 3.44. The van der Waals surface area contributed by atoms with E-state index in [-0.39, 0.29) is 29.5 Å². The molecule has 0 aromatic carbocycles. The van der Waals surface area contributed by atoms with E-state index in [4.69, 9.17) is 14.5 Å². The summed E-state index contributed by atoms with van der Waals surface area (Å²) in [5.74, 6) is 1.04. The number of nitrogens with one attached hydrogen (secondary N) is 1. The number of rotatable bonds is 6. The first-order chi connectivity index (χ1) is 10.9. The largest absolute Gasteiger partial charge is 0.381 e. The van der Waals surface area contributed by atoms with Crippen molar-refractivity contribution in [2.24, 2.45) is 10.4 Å². The zero-order valence-electron chi connectivity index (χ0n) is 16.1. The predicted molar refractivity (Wildman–Crippen MR) is 110 cm³/mol. The third-order valence-electron chi connectivity index (χ3n) is 5.56. The summed E-state index contributed by atoms with van der Waals surface area (Å²) in [6.45, 7) is 16.6. The van der Waals surface area contributed by atoms with Crippen molar-refractivity contribution in [3.05, 3.63) is 0 Å². The maximum atomic E-state index is 5.92. The van der Waals surface area contributed by atoms with Crippen molar-refractivity contribution in [2.45, 2.75) is 65.5 Å². The second-order valence-corrected chi connectivity index (χ2v) is 7.80. The molecule has 1 N–H and O–H groups in total. The molecule has 6 heteroatoms. The molecule has 2 fully saturated rings. The normalized spacial score (nSPS) is 23.4. The van der Waals surface area contributed by atoms with Gasteiger partial charge in [0.05, 0.1) is 6.10 Å². The number of halogens is 1. The minimum atomic E-state index is 0. The smallest absolute Gasteiger partial charge is 0.194 e. The summed E-state index contributed by atoms with van der Waals surface area (Å²) in [4.78, 5) is 7.20. The van der Waals surface area contributed by atoms with Crippen LogP contribution in [0.25, 0.3) is 0 Å². The first-order valence-corrected chi connectivity index (χ1v) is 9.14. The Morgan fingerprint density at radius 2 is 1.92 bits per heavy atom. The van der Waals surface area contributed by atoms with E-state index < -0.39 is 0 Å². The van der Waals surface area contributed by atoms with E-state index in [0.717, 1.165) is 64.7 Å². The summed E-state index contributed by atoms with van der Waals surface area (Å²) in [6, 6.07) is 0. The quantitative estimate of drug-likeness (QED) is 0.290. The van der Waals surface area contributed by atoms with Gasteiger partial charge in [-0.15, -0.1) is 24.0 Å². The van der Waals surface area contributed by atoms with Crippen molar-refractivity contribution in [2.75, 3.05) is 39.5 Å². The fourth-order valence-corrected chi connectivity index (χ4v) is 3.14. The summed E-state index contributed by atoms with van der Waals surface area (Å²) >= 11 is 0.